The van der Waals surface area contributed by atoms with E-state index in [-0.39, 0.29) is 12.5 Å². The molecule has 3 unspecified atom stereocenters. The largest absolute Gasteiger partial charge is 0.394 e. The molecule has 4 N–H and O–H groups in total. The molecule has 3 atom stereocenters. The summed E-state index contributed by atoms with van der Waals surface area (Å²) in [6.07, 6.45) is 48.6. The Hall–Kier alpha value is -1.17. The summed E-state index contributed by atoms with van der Waals surface area (Å²) in [6, 6.07) is -0.825. The average Bonchev–Trinajstić information content (AvgIpc) is 3.12. The number of hydrogen-bond acceptors (Lipinski definition) is 4. The van der Waals surface area contributed by atoms with Crippen LogP contribution < -0.4 is 5.32 Å². The molecule has 0 saturated heterocycles. The van der Waals surface area contributed by atoms with E-state index in [4.69, 9.17) is 0 Å². The maximum atomic E-state index is 12.4. The molecule has 0 aromatic heterocycles. The van der Waals surface area contributed by atoms with E-state index in [0.717, 1.165) is 38.5 Å². The number of rotatable bonds is 40. The second kappa shape index (κ2) is 40.6. The second-order valence-electron chi connectivity index (χ2n) is 15.2. The van der Waals surface area contributed by atoms with Crippen LogP contribution in [0.5, 0.6) is 0 Å². The van der Waals surface area contributed by atoms with Crippen molar-refractivity contribution in [3.63, 3.8) is 0 Å². The molecule has 0 spiro atoms. The van der Waals surface area contributed by atoms with Crippen molar-refractivity contribution in [3.8, 4) is 0 Å². The van der Waals surface area contributed by atoms with Gasteiger partial charge in [-0.25, -0.2) is 0 Å². The average molecular weight is 706 g/mol. The number of allylic oxidation sites excluding steroid dienone is 4. The van der Waals surface area contributed by atoms with Crippen LogP contribution >= 0.6 is 0 Å². The Bertz CT molecular complexity index is 739. The van der Waals surface area contributed by atoms with Crippen LogP contribution in [-0.4, -0.2) is 46.1 Å². The predicted molar refractivity (Wildman–Crippen MR) is 218 cm³/mol. The van der Waals surface area contributed by atoms with Crippen molar-refractivity contribution in [1.82, 2.24) is 5.32 Å². The van der Waals surface area contributed by atoms with Gasteiger partial charge in [-0.2, -0.15) is 0 Å². The second-order valence-corrected chi connectivity index (χ2v) is 15.2. The van der Waals surface area contributed by atoms with Crippen molar-refractivity contribution in [2.75, 3.05) is 6.61 Å². The third kappa shape index (κ3) is 35.2. The van der Waals surface area contributed by atoms with Crippen molar-refractivity contribution in [2.45, 2.75) is 250 Å². The normalized spacial score (nSPS) is 13.8. The van der Waals surface area contributed by atoms with E-state index in [1.165, 1.54) is 167 Å². The van der Waals surface area contributed by atoms with Gasteiger partial charge in [0.25, 0.3) is 0 Å². The first-order valence-electron chi connectivity index (χ1n) is 22.1. The monoisotopic (exact) mass is 706 g/mol. The van der Waals surface area contributed by atoms with Gasteiger partial charge in [-0.05, 0) is 64.2 Å². The quantitative estimate of drug-likeness (QED) is 0.0377. The summed E-state index contributed by atoms with van der Waals surface area (Å²) in [6.45, 7) is 4.16. The van der Waals surface area contributed by atoms with Crippen LogP contribution in [0, 0.1) is 0 Å². The number of carbonyl (C=O) groups is 1. The maximum absolute atomic E-state index is 12.4. The van der Waals surface area contributed by atoms with E-state index in [2.05, 4.69) is 43.5 Å². The highest BCUT2D eigenvalue weighted by atomic mass is 16.3. The first-order chi connectivity index (χ1) is 24.6. The molecule has 0 heterocycles. The summed E-state index contributed by atoms with van der Waals surface area (Å²) in [5.74, 6) is -0.158. The molecule has 50 heavy (non-hydrogen) atoms. The fourth-order valence-corrected chi connectivity index (χ4v) is 6.80. The molecule has 0 saturated carbocycles. The predicted octanol–water partition coefficient (Wildman–Crippen LogP) is 12.6. The molecule has 5 nitrogen and oxygen atoms in total. The number of hydrogen-bond donors (Lipinski definition) is 4. The molecule has 0 aromatic rings. The highest BCUT2D eigenvalue weighted by Crippen LogP contribution is 2.15. The van der Waals surface area contributed by atoms with Crippen molar-refractivity contribution < 1.29 is 20.1 Å². The number of aliphatic hydroxyl groups is 3. The molecule has 0 aromatic carbocycles. The van der Waals surface area contributed by atoms with Crippen LogP contribution in [0.1, 0.15) is 232 Å². The van der Waals surface area contributed by atoms with E-state index in [1.54, 1.807) is 0 Å². The number of aliphatic hydroxyl groups excluding tert-OH is 3. The minimum absolute atomic E-state index is 0.158. The van der Waals surface area contributed by atoms with Crippen LogP contribution in [0.25, 0.3) is 0 Å². The van der Waals surface area contributed by atoms with Gasteiger partial charge in [-0.1, -0.05) is 186 Å². The molecule has 0 rings (SSSR count). The van der Waals surface area contributed by atoms with E-state index in [9.17, 15) is 20.1 Å². The standard InChI is InChI=1S/C45H87NO4/c1-3-5-7-9-11-13-15-17-18-19-20-21-22-23-24-25-26-28-30-32-34-36-38-40-44(49)46-42(41-47)45(50)43(48)39-37-35-33-31-29-27-16-14-12-10-8-6-4-2/h23-24,31,33,42-43,45,47-48,50H,3-22,25-30,32,34-41H2,1-2H3,(H,46,49)/b24-23-,33-31+. The fourth-order valence-electron chi connectivity index (χ4n) is 6.80. The van der Waals surface area contributed by atoms with Crippen molar-refractivity contribution in [3.05, 3.63) is 24.3 Å². The number of nitrogens with one attached hydrogen (secondary N) is 1. The summed E-state index contributed by atoms with van der Waals surface area (Å²) in [4.78, 5) is 12.4. The molecule has 0 aliphatic rings. The number of amides is 1. The van der Waals surface area contributed by atoms with Gasteiger partial charge in [0.05, 0.1) is 18.8 Å². The Labute approximate surface area is 312 Å². The molecule has 1 amide bonds. The van der Waals surface area contributed by atoms with Gasteiger partial charge in [0.2, 0.25) is 5.91 Å². The minimum atomic E-state index is -1.16. The Balaban J connectivity index is 3.63. The lowest BCUT2D eigenvalue weighted by Gasteiger charge is -2.26. The lowest BCUT2D eigenvalue weighted by Crippen LogP contribution is -2.50. The maximum Gasteiger partial charge on any atom is 0.220 e. The van der Waals surface area contributed by atoms with Crippen molar-refractivity contribution in [2.24, 2.45) is 0 Å². The van der Waals surface area contributed by atoms with Crippen molar-refractivity contribution in [1.29, 1.82) is 0 Å². The third-order valence-corrected chi connectivity index (χ3v) is 10.3. The summed E-state index contributed by atoms with van der Waals surface area (Å²) in [5.41, 5.74) is 0. The van der Waals surface area contributed by atoms with Crippen LogP contribution in [0.3, 0.4) is 0 Å². The molecule has 0 aliphatic carbocycles. The summed E-state index contributed by atoms with van der Waals surface area (Å²) in [5, 5.41) is 33.4. The molecule has 0 fully saturated rings. The molecule has 5 heteroatoms. The first-order valence-corrected chi connectivity index (χ1v) is 22.1. The molecular formula is C45H87NO4. The smallest absolute Gasteiger partial charge is 0.220 e. The molecule has 0 aliphatic heterocycles. The van der Waals surface area contributed by atoms with Gasteiger partial charge in [0.1, 0.15) is 6.10 Å². The summed E-state index contributed by atoms with van der Waals surface area (Å²) in [7, 11) is 0. The van der Waals surface area contributed by atoms with Gasteiger partial charge in [-0.3, -0.25) is 4.79 Å². The SMILES string of the molecule is CCCCCCCCCC/C=C/CCCC(O)C(O)C(CO)NC(=O)CCCCCCCCC/C=C\CCCCCCCCCCCCCC. The Morgan fingerprint density at radius 2 is 0.800 bits per heavy atom. The topological polar surface area (TPSA) is 89.8 Å². The lowest BCUT2D eigenvalue weighted by atomic mass is 10.0. The highest BCUT2D eigenvalue weighted by molar-refractivity contribution is 5.76. The van der Waals surface area contributed by atoms with Crippen LogP contribution in [0.2, 0.25) is 0 Å². The Kier molecular flexibility index (Phi) is 39.6. The molecule has 0 radical (unpaired) electrons. The van der Waals surface area contributed by atoms with Gasteiger partial charge >= 0.3 is 0 Å². The van der Waals surface area contributed by atoms with Crippen LogP contribution in [0.15, 0.2) is 24.3 Å². The van der Waals surface area contributed by atoms with E-state index < -0.39 is 18.2 Å². The first kappa shape index (κ1) is 48.8. The number of unbranched alkanes of at least 4 members (excludes halogenated alkanes) is 28. The molecular weight excluding hydrogens is 618 g/mol. The Morgan fingerprint density at radius 3 is 1.16 bits per heavy atom. The zero-order valence-corrected chi connectivity index (χ0v) is 33.5. The van der Waals surface area contributed by atoms with Gasteiger partial charge in [0, 0.05) is 6.42 Å². The van der Waals surface area contributed by atoms with Gasteiger partial charge in [-0.15, -0.1) is 0 Å². The van der Waals surface area contributed by atoms with E-state index >= 15 is 0 Å². The van der Waals surface area contributed by atoms with Crippen LogP contribution in [0.4, 0.5) is 0 Å². The van der Waals surface area contributed by atoms with Gasteiger partial charge < -0.3 is 20.6 Å². The van der Waals surface area contributed by atoms with Crippen molar-refractivity contribution >= 4 is 5.91 Å². The summed E-state index contributed by atoms with van der Waals surface area (Å²) < 4.78 is 0. The van der Waals surface area contributed by atoms with E-state index in [1.807, 2.05) is 0 Å². The van der Waals surface area contributed by atoms with E-state index in [0.29, 0.717) is 12.8 Å². The lowest BCUT2D eigenvalue weighted by molar-refractivity contribution is -0.124. The highest BCUT2D eigenvalue weighted by Gasteiger charge is 2.26. The zero-order chi connectivity index (χ0) is 36.6. The number of carbonyl (C=O) groups excluding carboxylic acids is 1. The minimum Gasteiger partial charge on any atom is -0.394 e. The Morgan fingerprint density at radius 1 is 0.480 bits per heavy atom. The molecule has 0 bridgehead atoms. The zero-order valence-electron chi connectivity index (χ0n) is 33.5. The fraction of sp³-hybridized carbons (Fsp3) is 0.889. The van der Waals surface area contributed by atoms with Crippen LogP contribution in [-0.2, 0) is 4.79 Å². The molecule has 296 valence electrons. The third-order valence-electron chi connectivity index (χ3n) is 10.3. The summed E-state index contributed by atoms with van der Waals surface area (Å²) >= 11 is 0. The van der Waals surface area contributed by atoms with Gasteiger partial charge in [0.15, 0.2) is 0 Å².